The van der Waals surface area contributed by atoms with E-state index >= 15 is 0 Å². The number of amides is 2. The van der Waals surface area contributed by atoms with Crippen LogP contribution in [0, 0.1) is 5.92 Å². The summed E-state index contributed by atoms with van der Waals surface area (Å²) >= 11 is 12.4. The standard InChI is InChI=1S/C23H27Cl2N6O2.Y/c1-28-23(32)29-13-15-2-4-31(5-3-15)14-16-6-21(17-8-18(24)10-19(25)9-17)30-22(7-16)33-20(11-26)12-27;/h6-12,15H,2-5,13-14H2,1H3,(H4-,26,27,28,29,32);/q-1;/p-1. The summed E-state index contributed by atoms with van der Waals surface area (Å²) in [4.78, 5) is 18.3. The molecule has 0 aliphatic carbocycles. The van der Waals surface area contributed by atoms with Gasteiger partial charge in [0.1, 0.15) is 0 Å². The predicted molar refractivity (Wildman–Crippen MR) is 133 cm³/mol. The molecule has 0 saturated carbocycles. The summed E-state index contributed by atoms with van der Waals surface area (Å²) in [5, 5.41) is 15.7. The van der Waals surface area contributed by atoms with Crippen LogP contribution in [0.2, 0.25) is 10.0 Å². The molecule has 34 heavy (non-hydrogen) atoms. The number of carbonyl (C=O) groups excluding carboxylic acids is 1. The Bertz CT molecular complexity index is 1010. The van der Waals surface area contributed by atoms with Gasteiger partial charge < -0.3 is 26.5 Å². The molecule has 1 aliphatic rings. The van der Waals surface area contributed by atoms with Crippen LogP contribution in [-0.4, -0.2) is 48.8 Å². The van der Waals surface area contributed by atoms with Crippen LogP contribution in [0.3, 0.4) is 0 Å². The summed E-state index contributed by atoms with van der Waals surface area (Å²) in [6.07, 6.45) is 3.59. The monoisotopic (exact) mass is 577 g/mol. The molecular weight excluding hydrogens is 552 g/mol. The number of hydrogen-bond acceptors (Lipinski definition) is 4. The maximum absolute atomic E-state index is 11.4. The largest absolute Gasteiger partial charge is 0.808 e. The molecule has 3 rings (SSSR count). The minimum atomic E-state index is -0.156. The van der Waals surface area contributed by atoms with Gasteiger partial charge in [0.15, 0.2) is 0 Å². The number of pyridine rings is 1. The minimum Gasteiger partial charge on any atom is -0.808 e. The number of ether oxygens (including phenoxy) is 1. The molecule has 1 saturated heterocycles. The van der Waals surface area contributed by atoms with Crippen LogP contribution in [0.5, 0.6) is 5.88 Å². The summed E-state index contributed by atoms with van der Waals surface area (Å²) in [6.45, 7) is 3.15. The van der Waals surface area contributed by atoms with Crippen molar-refractivity contribution in [2.75, 3.05) is 26.7 Å². The molecule has 0 bridgehead atoms. The van der Waals surface area contributed by atoms with Crippen LogP contribution in [0.15, 0.2) is 42.3 Å². The van der Waals surface area contributed by atoms with Crippen LogP contribution < -0.4 is 15.4 Å². The van der Waals surface area contributed by atoms with Gasteiger partial charge >= 0.3 is 6.03 Å². The first kappa shape index (κ1) is 28.5. The van der Waals surface area contributed by atoms with Crippen LogP contribution in [0.25, 0.3) is 22.4 Å². The van der Waals surface area contributed by atoms with Crippen molar-refractivity contribution in [3.05, 3.63) is 69.0 Å². The van der Waals surface area contributed by atoms with Crippen molar-refractivity contribution in [2.45, 2.75) is 19.4 Å². The van der Waals surface area contributed by atoms with Crippen molar-refractivity contribution in [3.8, 4) is 17.1 Å². The van der Waals surface area contributed by atoms with Crippen molar-refractivity contribution in [1.82, 2.24) is 20.5 Å². The fourth-order valence-corrected chi connectivity index (χ4v) is 4.22. The molecule has 1 radical (unpaired) electrons. The SMILES string of the molecule is CNC(=O)NCC1CCN(Cc2cc(O/C(C=[N-])=C/[NH-])nc(-c3cc(Cl)cc(Cl)c3)c2)CC1.[Y]. The van der Waals surface area contributed by atoms with Gasteiger partial charge in [-0.25, -0.2) is 9.78 Å². The number of rotatable bonds is 8. The number of halogens is 2. The number of nitrogens with zero attached hydrogens (tertiary/aromatic N) is 3. The Morgan fingerprint density at radius 2 is 1.91 bits per heavy atom. The Morgan fingerprint density at radius 1 is 1.24 bits per heavy atom. The molecule has 0 unspecified atom stereocenters. The molecule has 1 fully saturated rings. The van der Waals surface area contributed by atoms with E-state index in [1.165, 1.54) is 0 Å². The Kier molecular flexibility index (Phi) is 11.7. The second-order valence-electron chi connectivity index (χ2n) is 7.81. The average molecular weight is 578 g/mol. The van der Waals surface area contributed by atoms with Gasteiger partial charge in [-0.15, -0.1) is 6.20 Å². The normalized spacial score (nSPS) is 14.7. The zero-order valence-electron chi connectivity index (χ0n) is 18.9. The first-order valence-corrected chi connectivity index (χ1v) is 11.3. The van der Waals surface area contributed by atoms with Crippen molar-refractivity contribution >= 4 is 35.4 Å². The number of allylic oxidation sites excluding steroid dienone is 1. The minimum absolute atomic E-state index is 0. The quantitative estimate of drug-likeness (QED) is 0.335. The number of piperidine rings is 1. The topological polar surface area (TPSA) is 113 Å². The van der Waals surface area contributed by atoms with Gasteiger partial charge in [-0.3, -0.25) is 4.90 Å². The molecule has 8 nitrogen and oxygen atoms in total. The van der Waals surface area contributed by atoms with E-state index in [-0.39, 0.29) is 50.4 Å². The third-order valence-corrected chi connectivity index (χ3v) is 5.84. The maximum atomic E-state index is 11.4. The van der Waals surface area contributed by atoms with Crippen LogP contribution >= 0.6 is 23.2 Å². The molecule has 11 heteroatoms. The molecule has 179 valence electrons. The van der Waals surface area contributed by atoms with Gasteiger partial charge in [-0.1, -0.05) is 23.2 Å². The smallest absolute Gasteiger partial charge is 0.314 e. The van der Waals surface area contributed by atoms with Gasteiger partial charge in [-0.2, -0.15) is 6.21 Å². The molecule has 1 aliphatic heterocycles. The second kappa shape index (κ2) is 14.0. The van der Waals surface area contributed by atoms with E-state index in [0.29, 0.717) is 34.7 Å². The number of nitrogens with one attached hydrogen (secondary N) is 3. The third kappa shape index (κ3) is 8.50. The molecule has 2 aromatic rings. The van der Waals surface area contributed by atoms with Crippen molar-refractivity contribution in [3.63, 3.8) is 0 Å². The number of carbonyl (C=O) groups is 1. The molecule has 3 N–H and O–H groups in total. The Hall–Kier alpha value is -1.71. The van der Waals surface area contributed by atoms with Gasteiger partial charge in [0.2, 0.25) is 5.88 Å². The number of hydrogen-bond donors (Lipinski definition) is 2. The van der Waals surface area contributed by atoms with E-state index in [4.69, 9.17) is 33.7 Å². The van der Waals surface area contributed by atoms with E-state index in [0.717, 1.165) is 49.5 Å². The second-order valence-corrected chi connectivity index (χ2v) is 8.69. The first-order valence-electron chi connectivity index (χ1n) is 10.6. The Balaban J connectivity index is 0.00000408. The summed E-state index contributed by atoms with van der Waals surface area (Å²) < 4.78 is 5.57. The van der Waals surface area contributed by atoms with E-state index in [2.05, 4.69) is 20.5 Å². The Labute approximate surface area is 235 Å². The molecule has 2 heterocycles. The van der Waals surface area contributed by atoms with Crippen molar-refractivity contribution < 1.29 is 42.2 Å². The van der Waals surface area contributed by atoms with Gasteiger partial charge in [0.05, 0.1) is 11.5 Å². The number of benzene rings is 1. The number of likely N-dealkylation sites (tertiary alicyclic amines) is 1. The van der Waals surface area contributed by atoms with Gasteiger partial charge in [0.25, 0.3) is 0 Å². The predicted octanol–water partition coefficient (Wildman–Crippen LogP) is 5.11. The van der Waals surface area contributed by atoms with Gasteiger partial charge in [0, 0.05) is 74.5 Å². The molecule has 2 amide bonds. The molecule has 0 atom stereocenters. The zero-order valence-corrected chi connectivity index (χ0v) is 23.2. The van der Waals surface area contributed by atoms with E-state index in [9.17, 15) is 10.2 Å². The van der Waals surface area contributed by atoms with Crippen LogP contribution in [0.1, 0.15) is 18.4 Å². The summed E-state index contributed by atoms with van der Waals surface area (Å²) in [5.74, 6) is 0.676. The molecule has 1 aromatic carbocycles. The van der Waals surface area contributed by atoms with E-state index in [1.54, 1.807) is 31.3 Å². The van der Waals surface area contributed by atoms with Crippen LogP contribution in [-0.2, 0) is 39.3 Å². The van der Waals surface area contributed by atoms with Crippen LogP contribution in [0.4, 0.5) is 4.79 Å². The van der Waals surface area contributed by atoms with Crippen molar-refractivity contribution in [1.29, 1.82) is 0 Å². The van der Waals surface area contributed by atoms with E-state index in [1.807, 2.05) is 6.07 Å². The summed E-state index contributed by atoms with van der Waals surface area (Å²) in [6, 6.07) is 8.79. The third-order valence-electron chi connectivity index (χ3n) is 5.40. The van der Waals surface area contributed by atoms with E-state index < -0.39 is 0 Å². The Morgan fingerprint density at radius 3 is 2.50 bits per heavy atom. The summed E-state index contributed by atoms with van der Waals surface area (Å²) in [7, 11) is 1.61. The van der Waals surface area contributed by atoms with Crippen molar-refractivity contribution in [2.24, 2.45) is 5.92 Å². The number of urea groups is 1. The molecular formula is C23H26Cl2N6O2Y-2. The zero-order chi connectivity index (χ0) is 23.8. The maximum Gasteiger partial charge on any atom is 0.314 e. The number of aromatic nitrogens is 1. The fourth-order valence-electron chi connectivity index (χ4n) is 3.70. The fraction of sp³-hybridized carbons (Fsp3) is 0.348. The average Bonchev–Trinajstić information content (AvgIpc) is 2.81. The molecule has 1 aromatic heterocycles. The summed E-state index contributed by atoms with van der Waals surface area (Å²) in [5.41, 5.74) is 9.69. The van der Waals surface area contributed by atoms with Gasteiger partial charge in [-0.05, 0) is 61.7 Å². The first-order chi connectivity index (χ1) is 15.9. The molecule has 0 spiro atoms.